The van der Waals surface area contributed by atoms with Crippen LogP contribution in [0, 0.1) is 11.6 Å². The quantitative estimate of drug-likeness (QED) is 0.636. The van der Waals surface area contributed by atoms with Gasteiger partial charge in [-0.15, -0.1) is 0 Å². The zero-order chi connectivity index (χ0) is 11.7. The molecular weight excluding hydrogens is 253 g/mol. The van der Waals surface area contributed by atoms with E-state index < -0.39 is 16.7 Å². The monoisotopic (exact) mass is 258 g/mol. The Kier molecular flexibility index (Phi) is 3.13. The summed E-state index contributed by atoms with van der Waals surface area (Å²) in [6, 6.07) is 9.16. The molecule has 0 N–H and O–H groups in total. The van der Waals surface area contributed by atoms with Gasteiger partial charge in [-0.3, -0.25) is 0 Å². The van der Waals surface area contributed by atoms with Gasteiger partial charge in [0.15, 0.2) is 5.82 Å². The highest BCUT2D eigenvalue weighted by Gasteiger charge is 2.14. The first-order valence-corrected chi connectivity index (χ1v) is 5.25. The van der Waals surface area contributed by atoms with Gasteiger partial charge in [-0.2, -0.15) is 0 Å². The SMILES string of the molecule is Fc1ccc(-c2ccccc2Cl)c(F)c1Cl. The van der Waals surface area contributed by atoms with Crippen LogP contribution in [0.15, 0.2) is 36.4 Å². The number of rotatable bonds is 1. The molecule has 16 heavy (non-hydrogen) atoms. The van der Waals surface area contributed by atoms with Gasteiger partial charge >= 0.3 is 0 Å². The molecular formula is C12H6Cl2F2. The molecule has 0 aromatic heterocycles. The Bertz CT molecular complexity index is 539. The maximum absolute atomic E-state index is 13.7. The van der Waals surface area contributed by atoms with Gasteiger partial charge in [0.25, 0.3) is 0 Å². The van der Waals surface area contributed by atoms with Crippen molar-refractivity contribution in [2.75, 3.05) is 0 Å². The predicted octanol–water partition coefficient (Wildman–Crippen LogP) is 4.94. The molecule has 0 aliphatic carbocycles. The molecule has 0 atom stereocenters. The van der Waals surface area contributed by atoms with Crippen LogP contribution in [-0.2, 0) is 0 Å². The van der Waals surface area contributed by atoms with Gasteiger partial charge in [0.05, 0.1) is 0 Å². The van der Waals surface area contributed by atoms with Gasteiger partial charge in [0.2, 0.25) is 0 Å². The van der Waals surface area contributed by atoms with Crippen LogP contribution in [0.25, 0.3) is 11.1 Å². The van der Waals surface area contributed by atoms with Crippen molar-refractivity contribution in [2.24, 2.45) is 0 Å². The predicted molar refractivity (Wildman–Crippen MR) is 61.8 cm³/mol. The van der Waals surface area contributed by atoms with E-state index in [0.29, 0.717) is 10.6 Å². The maximum Gasteiger partial charge on any atom is 0.152 e. The van der Waals surface area contributed by atoms with E-state index in [-0.39, 0.29) is 5.56 Å². The number of halogens is 4. The van der Waals surface area contributed by atoms with E-state index in [9.17, 15) is 8.78 Å². The second-order valence-corrected chi connectivity index (χ2v) is 3.99. The summed E-state index contributed by atoms with van der Waals surface area (Å²) in [6.07, 6.45) is 0. The lowest BCUT2D eigenvalue weighted by molar-refractivity contribution is 0.586. The van der Waals surface area contributed by atoms with E-state index in [0.717, 1.165) is 6.07 Å². The van der Waals surface area contributed by atoms with E-state index >= 15 is 0 Å². The number of benzene rings is 2. The third-order valence-electron chi connectivity index (χ3n) is 2.20. The Hall–Kier alpha value is -1.12. The average molecular weight is 259 g/mol. The molecule has 2 rings (SSSR count). The Morgan fingerprint density at radius 1 is 0.812 bits per heavy atom. The fraction of sp³-hybridized carbons (Fsp3) is 0. The first kappa shape index (κ1) is 11.4. The molecule has 0 nitrogen and oxygen atoms in total. The van der Waals surface area contributed by atoms with Gasteiger partial charge in [-0.05, 0) is 18.2 Å². The van der Waals surface area contributed by atoms with Crippen molar-refractivity contribution in [2.45, 2.75) is 0 Å². The fourth-order valence-electron chi connectivity index (χ4n) is 1.41. The van der Waals surface area contributed by atoms with E-state index in [1.54, 1.807) is 24.3 Å². The lowest BCUT2D eigenvalue weighted by atomic mass is 10.1. The first-order chi connectivity index (χ1) is 7.61. The molecule has 0 spiro atoms. The van der Waals surface area contributed by atoms with Crippen LogP contribution in [0.1, 0.15) is 0 Å². The second kappa shape index (κ2) is 4.40. The van der Waals surface area contributed by atoms with Gasteiger partial charge in [0, 0.05) is 16.1 Å². The Labute approximate surface area is 101 Å². The lowest BCUT2D eigenvalue weighted by Gasteiger charge is -2.07. The molecule has 2 aromatic carbocycles. The van der Waals surface area contributed by atoms with E-state index in [1.807, 2.05) is 0 Å². The molecule has 0 saturated heterocycles. The lowest BCUT2D eigenvalue weighted by Crippen LogP contribution is -1.89. The van der Waals surface area contributed by atoms with Crippen LogP contribution in [-0.4, -0.2) is 0 Å². The average Bonchev–Trinajstić information content (AvgIpc) is 2.28. The Morgan fingerprint density at radius 2 is 1.50 bits per heavy atom. The van der Waals surface area contributed by atoms with Gasteiger partial charge in [-0.25, -0.2) is 8.78 Å². The largest absolute Gasteiger partial charge is 0.205 e. The number of hydrogen-bond donors (Lipinski definition) is 0. The van der Waals surface area contributed by atoms with Crippen molar-refractivity contribution in [1.82, 2.24) is 0 Å². The van der Waals surface area contributed by atoms with Crippen LogP contribution in [0.2, 0.25) is 10.0 Å². The van der Waals surface area contributed by atoms with Gasteiger partial charge in [-0.1, -0.05) is 41.4 Å². The van der Waals surface area contributed by atoms with Crippen LogP contribution < -0.4 is 0 Å². The summed E-state index contributed by atoms with van der Waals surface area (Å²) >= 11 is 11.4. The summed E-state index contributed by atoms with van der Waals surface area (Å²) in [5.74, 6) is -1.58. The highest BCUT2D eigenvalue weighted by atomic mass is 35.5. The molecule has 82 valence electrons. The van der Waals surface area contributed by atoms with E-state index in [1.165, 1.54) is 6.07 Å². The van der Waals surface area contributed by atoms with Gasteiger partial charge < -0.3 is 0 Å². The third kappa shape index (κ3) is 1.91. The van der Waals surface area contributed by atoms with E-state index in [2.05, 4.69) is 0 Å². The third-order valence-corrected chi connectivity index (χ3v) is 2.88. The number of hydrogen-bond acceptors (Lipinski definition) is 0. The van der Waals surface area contributed by atoms with Crippen LogP contribution >= 0.6 is 23.2 Å². The molecule has 0 aliphatic rings. The zero-order valence-corrected chi connectivity index (χ0v) is 9.49. The molecule has 0 heterocycles. The van der Waals surface area contributed by atoms with Crippen molar-refractivity contribution in [3.63, 3.8) is 0 Å². The summed E-state index contributed by atoms with van der Waals surface area (Å²) in [4.78, 5) is 0. The second-order valence-electron chi connectivity index (χ2n) is 3.20. The zero-order valence-electron chi connectivity index (χ0n) is 7.98. The molecule has 0 unspecified atom stereocenters. The fourth-order valence-corrected chi connectivity index (χ4v) is 1.82. The van der Waals surface area contributed by atoms with Crippen molar-refractivity contribution in [1.29, 1.82) is 0 Å². The van der Waals surface area contributed by atoms with Crippen molar-refractivity contribution < 1.29 is 8.78 Å². The summed E-state index contributed by atoms with van der Waals surface area (Å²) in [5.41, 5.74) is 0.681. The normalized spacial score (nSPS) is 10.5. The van der Waals surface area contributed by atoms with Gasteiger partial charge in [0.1, 0.15) is 10.8 Å². The minimum absolute atomic E-state index is 0.192. The van der Waals surface area contributed by atoms with E-state index in [4.69, 9.17) is 23.2 Å². The molecule has 2 aromatic rings. The van der Waals surface area contributed by atoms with Crippen LogP contribution in [0.4, 0.5) is 8.78 Å². The van der Waals surface area contributed by atoms with Crippen LogP contribution in [0.5, 0.6) is 0 Å². The van der Waals surface area contributed by atoms with Crippen molar-refractivity contribution >= 4 is 23.2 Å². The summed E-state index contributed by atoms with van der Waals surface area (Å²) in [7, 11) is 0. The summed E-state index contributed by atoms with van der Waals surface area (Å²) in [6.45, 7) is 0. The van der Waals surface area contributed by atoms with Crippen LogP contribution in [0.3, 0.4) is 0 Å². The molecule has 0 saturated carbocycles. The molecule has 4 heteroatoms. The molecule has 0 fully saturated rings. The molecule has 0 radical (unpaired) electrons. The topological polar surface area (TPSA) is 0 Å². The maximum atomic E-state index is 13.7. The molecule has 0 aliphatic heterocycles. The summed E-state index contributed by atoms with van der Waals surface area (Å²) in [5, 5.41) is -0.124. The van der Waals surface area contributed by atoms with Crippen molar-refractivity contribution in [3.05, 3.63) is 58.1 Å². The standard InChI is InChI=1S/C12H6Cl2F2/c13-9-4-2-1-3-7(9)8-5-6-10(15)11(14)12(8)16/h1-6H. The van der Waals surface area contributed by atoms with Crippen molar-refractivity contribution in [3.8, 4) is 11.1 Å². The molecule has 0 amide bonds. The first-order valence-electron chi connectivity index (χ1n) is 4.49. The Morgan fingerprint density at radius 3 is 2.19 bits per heavy atom. The Balaban J connectivity index is 2.66. The highest BCUT2D eigenvalue weighted by Crippen LogP contribution is 2.33. The minimum atomic E-state index is -0.797. The highest BCUT2D eigenvalue weighted by molar-refractivity contribution is 6.34. The smallest absolute Gasteiger partial charge is 0.152 e. The summed E-state index contributed by atoms with van der Waals surface area (Å²) < 4.78 is 26.7. The molecule has 0 bridgehead atoms. The minimum Gasteiger partial charge on any atom is -0.205 e.